The van der Waals surface area contributed by atoms with Gasteiger partial charge in [-0.15, -0.1) is 0 Å². The lowest BCUT2D eigenvalue weighted by Gasteiger charge is -2.44. The first-order valence-electron chi connectivity index (χ1n) is 12.8. The fourth-order valence-corrected chi connectivity index (χ4v) is 5.72. The molecule has 1 saturated carbocycles. The number of pyridine rings is 1. The molecule has 0 radical (unpaired) electrons. The molecule has 0 amide bonds. The molecule has 1 atom stereocenters. The fourth-order valence-electron chi connectivity index (χ4n) is 5.52. The first kappa shape index (κ1) is 24.6. The summed E-state index contributed by atoms with van der Waals surface area (Å²) in [6.45, 7) is 2.63. The van der Waals surface area contributed by atoms with Crippen molar-refractivity contribution < 1.29 is 9.47 Å². The molecule has 1 aliphatic rings. The Hall–Kier alpha value is -3.08. The topological polar surface area (TPSA) is 57.4 Å². The molecule has 36 heavy (non-hydrogen) atoms. The summed E-state index contributed by atoms with van der Waals surface area (Å²) >= 11 is 6.71. The molecule has 0 spiro atoms. The van der Waals surface area contributed by atoms with Gasteiger partial charge >= 0.3 is 0 Å². The van der Waals surface area contributed by atoms with Gasteiger partial charge in [0.1, 0.15) is 12.4 Å². The second-order valence-electron chi connectivity index (χ2n) is 9.75. The minimum atomic E-state index is -0.000285. The zero-order chi connectivity index (χ0) is 25.0. The number of nitrogens with zero attached hydrogens (tertiary/aromatic N) is 1. The van der Waals surface area contributed by atoms with Crippen molar-refractivity contribution in [3.8, 4) is 11.6 Å². The summed E-state index contributed by atoms with van der Waals surface area (Å²) in [6, 6.07) is 26.8. The van der Waals surface area contributed by atoms with Gasteiger partial charge in [0.15, 0.2) is 0 Å². The lowest BCUT2D eigenvalue weighted by Crippen LogP contribution is -2.48. The molecule has 4 aromatic rings. The first-order valence-corrected chi connectivity index (χ1v) is 13.2. The van der Waals surface area contributed by atoms with E-state index in [4.69, 9.17) is 26.8 Å². The highest BCUT2D eigenvalue weighted by Crippen LogP contribution is 2.44. The number of fused-ring (bicyclic) bond motifs is 1. The third-order valence-electron chi connectivity index (χ3n) is 7.62. The Balaban J connectivity index is 1.31. The van der Waals surface area contributed by atoms with Gasteiger partial charge in [-0.05, 0) is 66.8 Å². The maximum Gasteiger partial charge on any atom is 0.221 e. The van der Waals surface area contributed by atoms with E-state index in [2.05, 4.69) is 42.2 Å². The van der Waals surface area contributed by atoms with Crippen LogP contribution in [0.1, 0.15) is 50.2 Å². The van der Waals surface area contributed by atoms with Crippen LogP contribution in [0, 0.1) is 0 Å². The molecular weight excluding hydrogens is 468 g/mol. The predicted octanol–water partition coefficient (Wildman–Crippen LogP) is 7.46. The molecule has 1 fully saturated rings. The van der Waals surface area contributed by atoms with Gasteiger partial charge in [0, 0.05) is 23.0 Å². The number of ether oxygens (including phenoxy) is 2. The van der Waals surface area contributed by atoms with Crippen LogP contribution in [0.4, 0.5) is 0 Å². The van der Waals surface area contributed by atoms with E-state index >= 15 is 0 Å². The third-order valence-corrected chi connectivity index (χ3v) is 7.91. The van der Waals surface area contributed by atoms with E-state index in [0.29, 0.717) is 23.3 Å². The van der Waals surface area contributed by atoms with Gasteiger partial charge in [-0.2, -0.15) is 0 Å². The number of halogens is 1. The quantitative estimate of drug-likeness (QED) is 0.272. The summed E-state index contributed by atoms with van der Waals surface area (Å²) in [5, 5.41) is 2.45. The molecule has 1 aromatic heterocycles. The predicted molar refractivity (Wildman–Crippen MR) is 147 cm³/mol. The van der Waals surface area contributed by atoms with Crippen LogP contribution in [0.2, 0.25) is 5.02 Å². The molecule has 4 nitrogen and oxygen atoms in total. The lowest BCUT2D eigenvalue weighted by atomic mass is 9.64. The van der Waals surface area contributed by atoms with Gasteiger partial charge < -0.3 is 15.2 Å². The summed E-state index contributed by atoms with van der Waals surface area (Å²) in [4.78, 5) is 4.44. The third kappa shape index (κ3) is 5.07. The van der Waals surface area contributed by atoms with Crippen molar-refractivity contribution in [1.82, 2.24) is 4.98 Å². The van der Waals surface area contributed by atoms with Crippen LogP contribution < -0.4 is 15.2 Å². The summed E-state index contributed by atoms with van der Waals surface area (Å²) < 4.78 is 12.5. The normalized spacial score (nSPS) is 20.7. The highest BCUT2D eigenvalue weighted by molar-refractivity contribution is 6.33. The highest BCUT2D eigenvalue weighted by atomic mass is 35.5. The van der Waals surface area contributed by atoms with Crippen molar-refractivity contribution >= 4 is 22.4 Å². The van der Waals surface area contributed by atoms with Crippen LogP contribution >= 0.6 is 11.6 Å². The molecule has 2 N–H and O–H groups in total. The van der Waals surface area contributed by atoms with Crippen LogP contribution in [0.3, 0.4) is 0 Å². The molecule has 5 rings (SSSR count). The van der Waals surface area contributed by atoms with Gasteiger partial charge in [-0.1, -0.05) is 79.2 Å². The van der Waals surface area contributed by atoms with E-state index in [0.717, 1.165) is 48.4 Å². The van der Waals surface area contributed by atoms with Crippen LogP contribution in [0.15, 0.2) is 85.1 Å². The summed E-state index contributed by atoms with van der Waals surface area (Å²) in [6.07, 6.45) is 6.72. The van der Waals surface area contributed by atoms with Gasteiger partial charge in [-0.3, -0.25) is 0 Å². The Labute approximate surface area is 218 Å². The summed E-state index contributed by atoms with van der Waals surface area (Å²) in [7, 11) is 0. The second kappa shape index (κ2) is 10.9. The van der Waals surface area contributed by atoms with Crippen molar-refractivity contribution in [2.45, 2.75) is 63.2 Å². The van der Waals surface area contributed by atoms with E-state index in [1.54, 1.807) is 6.20 Å². The zero-order valence-corrected chi connectivity index (χ0v) is 21.5. The zero-order valence-electron chi connectivity index (χ0n) is 20.7. The standard InChI is InChI=1S/C31H33ClN2O2/c1-2-29(33)31(24-11-7-4-8-12-24)16-13-25(14-17-31)36-28-19-23-15-18-34-30(26(23)20-27(28)32)35-21-22-9-5-3-6-10-22/h3-12,15,18-20,25,29H,2,13-14,16-17,21,33H2,1H3/t25?,29-,31?/m0/s1. The number of rotatable bonds is 8. The van der Waals surface area contributed by atoms with Crippen LogP contribution in [0.5, 0.6) is 11.6 Å². The summed E-state index contributed by atoms with van der Waals surface area (Å²) in [5.74, 6) is 1.28. The largest absolute Gasteiger partial charge is 0.489 e. The number of hydrogen-bond donors (Lipinski definition) is 1. The van der Waals surface area contributed by atoms with Crippen LogP contribution in [-0.4, -0.2) is 17.1 Å². The molecule has 1 heterocycles. The average Bonchev–Trinajstić information content (AvgIpc) is 2.93. The van der Waals surface area contributed by atoms with E-state index < -0.39 is 0 Å². The Kier molecular flexibility index (Phi) is 7.45. The van der Waals surface area contributed by atoms with Crippen LogP contribution in [-0.2, 0) is 12.0 Å². The van der Waals surface area contributed by atoms with Crippen molar-refractivity contribution in [1.29, 1.82) is 0 Å². The van der Waals surface area contributed by atoms with Crippen LogP contribution in [0.25, 0.3) is 10.8 Å². The molecular formula is C31H33ClN2O2. The van der Waals surface area contributed by atoms with E-state index in [1.807, 2.05) is 48.5 Å². The summed E-state index contributed by atoms with van der Waals surface area (Å²) in [5.41, 5.74) is 9.13. The minimum Gasteiger partial charge on any atom is -0.489 e. The first-order chi connectivity index (χ1) is 17.6. The fraction of sp³-hybridized carbons (Fsp3) is 0.323. The SMILES string of the molecule is CC[C@H](N)C1(c2ccccc2)CCC(Oc2cc3ccnc(OCc4ccccc4)c3cc2Cl)CC1. The Bertz CT molecular complexity index is 1290. The monoisotopic (exact) mass is 500 g/mol. The number of benzene rings is 3. The maximum atomic E-state index is 6.71. The molecule has 1 aliphatic carbocycles. The Morgan fingerprint density at radius 2 is 1.69 bits per heavy atom. The number of nitrogens with two attached hydrogens (primary N) is 1. The van der Waals surface area contributed by atoms with Gasteiger partial charge in [0.25, 0.3) is 0 Å². The second-order valence-corrected chi connectivity index (χ2v) is 10.2. The van der Waals surface area contributed by atoms with E-state index in [-0.39, 0.29) is 17.6 Å². The molecule has 5 heteroatoms. The average molecular weight is 501 g/mol. The minimum absolute atomic E-state index is 0.000285. The molecule has 0 unspecified atom stereocenters. The van der Waals surface area contributed by atoms with Crippen molar-refractivity contribution in [2.24, 2.45) is 5.73 Å². The molecule has 0 saturated heterocycles. The molecule has 186 valence electrons. The van der Waals surface area contributed by atoms with Crippen molar-refractivity contribution in [3.05, 3.63) is 101 Å². The smallest absolute Gasteiger partial charge is 0.221 e. The van der Waals surface area contributed by atoms with Gasteiger partial charge in [0.2, 0.25) is 5.88 Å². The van der Waals surface area contributed by atoms with Gasteiger partial charge in [-0.25, -0.2) is 4.98 Å². The Morgan fingerprint density at radius 3 is 2.39 bits per heavy atom. The van der Waals surface area contributed by atoms with E-state index in [9.17, 15) is 0 Å². The molecule has 0 bridgehead atoms. The van der Waals surface area contributed by atoms with Gasteiger partial charge in [0.05, 0.1) is 11.1 Å². The Morgan fingerprint density at radius 1 is 1.00 bits per heavy atom. The van der Waals surface area contributed by atoms with E-state index in [1.165, 1.54) is 5.56 Å². The maximum absolute atomic E-state index is 6.71. The molecule has 0 aliphatic heterocycles. The molecule has 3 aromatic carbocycles. The number of hydrogen-bond acceptors (Lipinski definition) is 4. The number of aromatic nitrogens is 1. The lowest BCUT2D eigenvalue weighted by molar-refractivity contribution is 0.104. The van der Waals surface area contributed by atoms with Crippen molar-refractivity contribution in [2.75, 3.05) is 0 Å². The van der Waals surface area contributed by atoms with Crippen molar-refractivity contribution in [3.63, 3.8) is 0 Å². The highest BCUT2D eigenvalue weighted by Gasteiger charge is 2.41.